The first-order chi connectivity index (χ1) is 7.63. The molecular formula is C12H18BrNO2. The fraction of sp³-hybridized carbons (Fsp3) is 0.500. The van der Waals surface area contributed by atoms with Crippen molar-refractivity contribution < 1.29 is 9.47 Å². The summed E-state index contributed by atoms with van der Waals surface area (Å²) in [5.74, 6) is 0.830. The summed E-state index contributed by atoms with van der Waals surface area (Å²) in [4.78, 5) is 0. The van der Waals surface area contributed by atoms with Gasteiger partial charge in [-0.05, 0) is 31.5 Å². The quantitative estimate of drug-likeness (QED) is 0.819. The minimum absolute atomic E-state index is 0.245. The zero-order valence-corrected chi connectivity index (χ0v) is 11.3. The Morgan fingerprint density at radius 2 is 2.06 bits per heavy atom. The Hall–Kier alpha value is -0.580. The molecule has 0 unspecified atom stereocenters. The van der Waals surface area contributed by atoms with Crippen LogP contribution in [0, 0.1) is 0 Å². The van der Waals surface area contributed by atoms with E-state index in [0.717, 1.165) is 15.8 Å². The Morgan fingerprint density at radius 1 is 1.31 bits per heavy atom. The first kappa shape index (κ1) is 13.5. The molecular weight excluding hydrogens is 270 g/mol. The van der Waals surface area contributed by atoms with Crippen LogP contribution in [0.4, 0.5) is 0 Å². The van der Waals surface area contributed by atoms with Crippen molar-refractivity contribution in [1.29, 1.82) is 0 Å². The maximum atomic E-state index is 5.56. The summed E-state index contributed by atoms with van der Waals surface area (Å²) in [5, 5.41) is 0. The van der Waals surface area contributed by atoms with E-state index in [9.17, 15) is 0 Å². The first-order valence-electron chi connectivity index (χ1n) is 5.36. The van der Waals surface area contributed by atoms with E-state index in [1.807, 2.05) is 32.0 Å². The summed E-state index contributed by atoms with van der Waals surface area (Å²) in [6.45, 7) is 5.71. The van der Waals surface area contributed by atoms with E-state index in [0.29, 0.717) is 19.8 Å². The number of halogens is 1. The van der Waals surface area contributed by atoms with Crippen LogP contribution in [-0.2, 0) is 11.3 Å². The largest absolute Gasteiger partial charge is 0.491 e. The average molecular weight is 288 g/mol. The third kappa shape index (κ3) is 4.51. The Balaban J connectivity index is 2.40. The van der Waals surface area contributed by atoms with Crippen molar-refractivity contribution in [2.24, 2.45) is 5.73 Å². The lowest BCUT2D eigenvalue weighted by Gasteiger charge is -2.10. The maximum Gasteiger partial charge on any atom is 0.120 e. The minimum Gasteiger partial charge on any atom is -0.491 e. The molecule has 0 aliphatic rings. The van der Waals surface area contributed by atoms with Gasteiger partial charge in [-0.2, -0.15) is 0 Å². The Kier molecular flexibility index (Phi) is 5.80. The van der Waals surface area contributed by atoms with E-state index in [1.54, 1.807) is 0 Å². The molecule has 4 heteroatoms. The van der Waals surface area contributed by atoms with Gasteiger partial charge in [0.15, 0.2) is 0 Å². The maximum absolute atomic E-state index is 5.56. The van der Waals surface area contributed by atoms with E-state index in [-0.39, 0.29) is 6.10 Å². The van der Waals surface area contributed by atoms with Crippen molar-refractivity contribution in [3.05, 3.63) is 28.2 Å². The van der Waals surface area contributed by atoms with Gasteiger partial charge in [0.05, 0.1) is 12.7 Å². The lowest BCUT2D eigenvalue weighted by molar-refractivity contribution is 0.0552. The highest BCUT2D eigenvalue weighted by Crippen LogP contribution is 2.22. The van der Waals surface area contributed by atoms with E-state index < -0.39 is 0 Å². The summed E-state index contributed by atoms with van der Waals surface area (Å²) < 4.78 is 11.9. The second-order valence-electron chi connectivity index (χ2n) is 3.73. The molecule has 16 heavy (non-hydrogen) atoms. The van der Waals surface area contributed by atoms with E-state index >= 15 is 0 Å². The van der Waals surface area contributed by atoms with Crippen LogP contribution in [-0.4, -0.2) is 19.3 Å². The van der Waals surface area contributed by atoms with Crippen molar-refractivity contribution in [3.63, 3.8) is 0 Å². The van der Waals surface area contributed by atoms with Crippen LogP contribution in [0.5, 0.6) is 5.75 Å². The third-order valence-corrected chi connectivity index (χ3v) is 2.79. The molecule has 0 saturated carbocycles. The lowest BCUT2D eigenvalue weighted by atomic mass is 10.2. The van der Waals surface area contributed by atoms with Crippen LogP contribution in [0.15, 0.2) is 22.7 Å². The molecule has 0 radical (unpaired) electrons. The molecule has 90 valence electrons. The summed E-state index contributed by atoms with van der Waals surface area (Å²) in [7, 11) is 0. The van der Waals surface area contributed by atoms with Gasteiger partial charge in [-0.1, -0.05) is 22.0 Å². The second-order valence-corrected chi connectivity index (χ2v) is 4.58. The Bertz CT molecular complexity index is 329. The van der Waals surface area contributed by atoms with Crippen molar-refractivity contribution in [3.8, 4) is 5.75 Å². The lowest BCUT2D eigenvalue weighted by Crippen LogP contribution is -2.11. The van der Waals surface area contributed by atoms with Gasteiger partial charge in [0, 0.05) is 11.0 Å². The molecule has 0 heterocycles. The van der Waals surface area contributed by atoms with Gasteiger partial charge in [0.1, 0.15) is 12.4 Å². The molecule has 1 rings (SSSR count). The summed E-state index contributed by atoms with van der Waals surface area (Å²) >= 11 is 3.45. The minimum atomic E-state index is 0.245. The average Bonchev–Trinajstić information content (AvgIpc) is 2.24. The van der Waals surface area contributed by atoms with E-state index in [4.69, 9.17) is 15.2 Å². The molecule has 0 fully saturated rings. The van der Waals surface area contributed by atoms with Gasteiger partial charge in [0.2, 0.25) is 0 Å². The van der Waals surface area contributed by atoms with Crippen molar-refractivity contribution in [2.75, 3.05) is 13.2 Å². The standard InChI is InChI=1S/C12H18BrNO2/c1-9(2)15-5-6-16-11-4-3-10(8-14)12(13)7-11/h3-4,7,9H,5-6,8,14H2,1-2H3. The van der Waals surface area contributed by atoms with Crippen molar-refractivity contribution in [1.82, 2.24) is 0 Å². The summed E-state index contributed by atoms with van der Waals surface area (Å²) in [6.07, 6.45) is 0.245. The zero-order valence-electron chi connectivity index (χ0n) is 9.70. The number of hydrogen-bond donors (Lipinski definition) is 1. The summed E-state index contributed by atoms with van der Waals surface area (Å²) in [6, 6.07) is 5.81. The molecule has 3 nitrogen and oxygen atoms in total. The predicted molar refractivity (Wildman–Crippen MR) is 68.6 cm³/mol. The van der Waals surface area contributed by atoms with Crippen LogP contribution in [0.2, 0.25) is 0 Å². The van der Waals surface area contributed by atoms with Gasteiger partial charge in [-0.25, -0.2) is 0 Å². The monoisotopic (exact) mass is 287 g/mol. The second kappa shape index (κ2) is 6.89. The summed E-state index contributed by atoms with van der Waals surface area (Å²) in [5.41, 5.74) is 6.64. The number of rotatable bonds is 6. The van der Waals surface area contributed by atoms with Crippen LogP contribution in [0.25, 0.3) is 0 Å². The van der Waals surface area contributed by atoms with Crippen LogP contribution in [0.3, 0.4) is 0 Å². The SMILES string of the molecule is CC(C)OCCOc1ccc(CN)c(Br)c1. The molecule has 0 aliphatic carbocycles. The van der Waals surface area contributed by atoms with Crippen LogP contribution < -0.4 is 10.5 Å². The fourth-order valence-corrected chi connectivity index (χ4v) is 1.75. The predicted octanol–water partition coefficient (Wildman–Crippen LogP) is 2.71. The number of nitrogens with two attached hydrogens (primary N) is 1. The molecule has 0 bridgehead atoms. The highest BCUT2D eigenvalue weighted by molar-refractivity contribution is 9.10. The number of benzene rings is 1. The Labute approximate surface area is 105 Å². The molecule has 0 atom stereocenters. The fourth-order valence-electron chi connectivity index (χ4n) is 1.23. The molecule has 2 N–H and O–H groups in total. The van der Waals surface area contributed by atoms with Gasteiger partial charge in [-0.3, -0.25) is 0 Å². The smallest absolute Gasteiger partial charge is 0.120 e. The highest BCUT2D eigenvalue weighted by atomic mass is 79.9. The van der Waals surface area contributed by atoms with Crippen molar-refractivity contribution in [2.45, 2.75) is 26.5 Å². The van der Waals surface area contributed by atoms with E-state index in [1.165, 1.54) is 0 Å². The third-order valence-electron chi connectivity index (χ3n) is 2.05. The van der Waals surface area contributed by atoms with Crippen molar-refractivity contribution >= 4 is 15.9 Å². The van der Waals surface area contributed by atoms with Gasteiger partial charge >= 0.3 is 0 Å². The van der Waals surface area contributed by atoms with Crippen LogP contribution >= 0.6 is 15.9 Å². The van der Waals surface area contributed by atoms with Gasteiger partial charge in [-0.15, -0.1) is 0 Å². The van der Waals surface area contributed by atoms with E-state index in [2.05, 4.69) is 15.9 Å². The first-order valence-corrected chi connectivity index (χ1v) is 6.15. The number of hydrogen-bond acceptors (Lipinski definition) is 3. The number of ether oxygens (including phenoxy) is 2. The van der Waals surface area contributed by atoms with Gasteiger partial charge in [0.25, 0.3) is 0 Å². The normalized spacial score (nSPS) is 10.8. The molecule has 0 saturated heterocycles. The highest BCUT2D eigenvalue weighted by Gasteiger charge is 2.01. The molecule has 0 aliphatic heterocycles. The Morgan fingerprint density at radius 3 is 2.62 bits per heavy atom. The topological polar surface area (TPSA) is 44.5 Å². The zero-order chi connectivity index (χ0) is 12.0. The molecule has 1 aromatic rings. The molecule has 1 aromatic carbocycles. The van der Waals surface area contributed by atoms with Crippen LogP contribution in [0.1, 0.15) is 19.4 Å². The molecule has 0 spiro atoms. The molecule has 0 aromatic heterocycles. The van der Waals surface area contributed by atoms with Gasteiger partial charge < -0.3 is 15.2 Å². The molecule has 0 amide bonds.